The van der Waals surface area contributed by atoms with Gasteiger partial charge in [-0.15, -0.1) is 0 Å². The average Bonchev–Trinajstić information content (AvgIpc) is 2.61. The number of esters is 1. The highest BCUT2D eigenvalue weighted by atomic mass is 16.5. The fourth-order valence-corrected chi connectivity index (χ4v) is 3.01. The molecule has 1 aromatic rings. The number of hydrogen-bond donors (Lipinski definition) is 1. The van der Waals surface area contributed by atoms with Crippen LogP contribution in [0.1, 0.15) is 30.9 Å². The molecule has 2 rings (SSSR count). The molecule has 1 fully saturated rings. The number of carbonyl (C=O) groups excluding carboxylic acids is 1. The van der Waals surface area contributed by atoms with Crippen molar-refractivity contribution in [2.45, 2.75) is 33.1 Å². The molecule has 24 heavy (non-hydrogen) atoms. The first kappa shape index (κ1) is 18.2. The Morgan fingerprint density at radius 3 is 2.83 bits per heavy atom. The van der Waals surface area contributed by atoms with Crippen molar-refractivity contribution in [1.82, 2.24) is 15.2 Å². The van der Waals surface area contributed by atoms with Gasteiger partial charge in [0.1, 0.15) is 0 Å². The largest absolute Gasteiger partial charge is 0.466 e. The maximum atomic E-state index is 11.8. The quantitative estimate of drug-likeness (QED) is 0.506. The third-order valence-corrected chi connectivity index (χ3v) is 4.44. The lowest BCUT2D eigenvalue weighted by Gasteiger charge is -2.33. The van der Waals surface area contributed by atoms with Gasteiger partial charge in [0, 0.05) is 39.1 Å². The topological polar surface area (TPSA) is 66.8 Å². The molecule has 6 nitrogen and oxygen atoms in total. The van der Waals surface area contributed by atoms with Crippen molar-refractivity contribution < 1.29 is 9.53 Å². The van der Waals surface area contributed by atoms with Crippen LogP contribution in [0.3, 0.4) is 0 Å². The van der Waals surface area contributed by atoms with Crippen molar-refractivity contribution in [3.05, 3.63) is 29.6 Å². The summed E-state index contributed by atoms with van der Waals surface area (Å²) in [6.07, 6.45) is 6.31. The third kappa shape index (κ3) is 4.94. The second-order valence-corrected chi connectivity index (χ2v) is 6.04. The smallest absolute Gasteiger partial charge is 0.309 e. The van der Waals surface area contributed by atoms with Gasteiger partial charge in [-0.3, -0.25) is 14.8 Å². The number of nitrogens with one attached hydrogen (secondary N) is 1. The first-order valence-electron chi connectivity index (χ1n) is 8.67. The summed E-state index contributed by atoms with van der Waals surface area (Å²) in [6, 6.07) is 2.06. The van der Waals surface area contributed by atoms with Crippen molar-refractivity contribution in [2.75, 3.05) is 33.3 Å². The molecule has 0 amide bonds. The number of rotatable bonds is 5. The second kappa shape index (κ2) is 9.25. The lowest BCUT2D eigenvalue weighted by Crippen LogP contribution is -2.47. The summed E-state index contributed by atoms with van der Waals surface area (Å²) in [5.41, 5.74) is 2.51. The lowest BCUT2D eigenvalue weighted by atomic mass is 9.97. The molecule has 0 atom stereocenters. The van der Waals surface area contributed by atoms with Crippen LogP contribution in [-0.4, -0.2) is 55.1 Å². The molecule has 1 aliphatic rings. The summed E-state index contributed by atoms with van der Waals surface area (Å²) in [7, 11) is 1.80. The molecule has 0 aromatic carbocycles. The van der Waals surface area contributed by atoms with E-state index in [2.05, 4.69) is 33.2 Å². The van der Waals surface area contributed by atoms with Crippen LogP contribution >= 0.6 is 0 Å². The molecule has 1 N–H and O–H groups in total. The zero-order valence-electron chi connectivity index (χ0n) is 14.9. The fourth-order valence-electron chi connectivity index (χ4n) is 3.01. The van der Waals surface area contributed by atoms with Gasteiger partial charge in [-0.1, -0.05) is 0 Å². The maximum Gasteiger partial charge on any atom is 0.309 e. The predicted molar refractivity (Wildman–Crippen MR) is 95.0 cm³/mol. The number of piperidine rings is 1. The molecular formula is C18H28N4O2. The van der Waals surface area contributed by atoms with Crippen molar-refractivity contribution >= 4 is 11.9 Å². The molecule has 1 aromatic heterocycles. The Morgan fingerprint density at radius 1 is 1.46 bits per heavy atom. The first-order valence-corrected chi connectivity index (χ1v) is 8.67. The number of guanidine groups is 1. The number of ether oxygens (including phenoxy) is 1. The van der Waals surface area contributed by atoms with E-state index in [1.54, 1.807) is 7.05 Å². The SMILES string of the molecule is CCOC(=O)C1CCN(C(=NC)NCCc2ccncc2C)CC1. The molecule has 1 aliphatic heterocycles. The molecule has 0 bridgehead atoms. The molecular weight excluding hydrogens is 304 g/mol. The summed E-state index contributed by atoms with van der Waals surface area (Å²) in [5, 5.41) is 3.42. The molecule has 0 aliphatic carbocycles. The van der Waals surface area contributed by atoms with Crippen molar-refractivity contribution in [3.8, 4) is 0 Å². The monoisotopic (exact) mass is 332 g/mol. The molecule has 132 valence electrons. The number of carbonyl (C=O) groups is 1. The minimum atomic E-state index is -0.0618. The van der Waals surface area contributed by atoms with Crippen LogP contribution < -0.4 is 5.32 Å². The van der Waals surface area contributed by atoms with Crippen LogP contribution in [0, 0.1) is 12.8 Å². The summed E-state index contributed by atoms with van der Waals surface area (Å²) >= 11 is 0. The van der Waals surface area contributed by atoms with Gasteiger partial charge >= 0.3 is 5.97 Å². The van der Waals surface area contributed by atoms with E-state index in [1.807, 2.05) is 19.3 Å². The Balaban J connectivity index is 1.79. The van der Waals surface area contributed by atoms with Crippen LogP contribution in [0.15, 0.2) is 23.5 Å². The van der Waals surface area contributed by atoms with E-state index in [0.717, 1.165) is 44.9 Å². The molecule has 0 saturated carbocycles. The predicted octanol–water partition coefficient (Wildman–Crippen LogP) is 1.78. The van der Waals surface area contributed by atoms with Crippen LogP contribution in [0.4, 0.5) is 0 Å². The summed E-state index contributed by atoms with van der Waals surface area (Å²) in [4.78, 5) is 22.5. The van der Waals surface area contributed by atoms with Gasteiger partial charge < -0.3 is 15.0 Å². The number of aliphatic imine (C=N–C) groups is 1. The Hall–Kier alpha value is -2.11. The van der Waals surface area contributed by atoms with E-state index < -0.39 is 0 Å². The van der Waals surface area contributed by atoms with Crippen molar-refractivity contribution in [2.24, 2.45) is 10.9 Å². The van der Waals surface area contributed by atoms with E-state index in [1.165, 1.54) is 11.1 Å². The van der Waals surface area contributed by atoms with E-state index >= 15 is 0 Å². The zero-order valence-corrected chi connectivity index (χ0v) is 14.9. The molecule has 0 spiro atoms. The number of hydrogen-bond acceptors (Lipinski definition) is 4. The van der Waals surface area contributed by atoms with E-state index in [-0.39, 0.29) is 11.9 Å². The zero-order chi connectivity index (χ0) is 17.4. The Bertz CT molecular complexity index is 566. The third-order valence-electron chi connectivity index (χ3n) is 4.44. The molecule has 1 saturated heterocycles. The number of pyridine rings is 1. The fraction of sp³-hybridized carbons (Fsp3) is 0.611. The number of likely N-dealkylation sites (tertiary alicyclic amines) is 1. The normalized spacial score (nSPS) is 16.1. The van der Waals surface area contributed by atoms with Crippen LogP contribution in [0.5, 0.6) is 0 Å². The van der Waals surface area contributed by atoms with Crippen LogP contribution in [0.2, 0.25) is 0 Å². The Morgan fingerprint density at radius 2 is 2.21 bits per heavy atom. The highest BCUT2D eigenvalue weighted by Gasteiger charge is 2.27. The number of aromatic nitrogens is 1. The summed E-state index contributed by atoms with van der Waals surface area (Å²) in [5.74, 6) is 0.871. The van der Waals surface area contributed by atoms with Crippen LogP contribution in [0.25, 0.3) is 0 Å². The number of aryl methyl sites for hydroxylation is 1. The molecule has 0 radical (unpaired) electrons. The van der Waals surface area contributed by atoms with Gasteiger partial charge in [0.2, 0.25) is 0 Å². The summed E-state index contributed by atoms with van der Waals surface area (Å²) in [6.45, 7) is 6.88. The van der Waals surface area contributed by atoms with E-state index in [0.29, 0.717) is 6.61 Å². The average molecular weight is 332 g/mol. The molecule has 0 unspecified atom stereocenters. The standard InChI is InChI=1S/C18H28N4O2/c1-4-24-17(23)16-7-11-22(12-8-16)18(19-3)21-10-6-15-5-9-20-13-14(15)2/h5,9,13,16H,4,6-8,10-12H2,1-3H3,(H,19,21). The van der Waals surface area contributed by atoms with E-state index in [9.17, 15) is 4.79 Å². The maximum absolute atomic E-state index is 11.8. The highest BCUT2D eigenvalue weighted by Crippen LogP contribution is 2.18. The lowest BCUT2D eigenvalue weighted by molar-refractivity contribution is -0.149. The van der Waals surface area contributed by atoms with Gasteiger partial charge in [0.05, 0.1) is 12.5 Å². The Kier molecular flexibility index (Phi) is 7.03. The minimum absolute atomic E-state index is 0.0266. The van der Waals surface area contributed by atoms with Gasteiger partial charge in [-0.25, -0.2) is 0 Å². The van der Waals surface area contributed by atoms with Crippen molar-refractivity contribution in [1.29, 1.82) is 0 Å². The Labute approximate surface area is 144 Å². The van der Waals surface area contributed by atoms with Gasteiger partial charge in [-0.05, 0) is 50.3 Å². The molecule has 6 heteroatoms. The van der Waals surface area contributed by atoms with Gasteiger partial charge in [0.15, 0.2) is 5.96 Å². The van der Waals surface area contributed by atoms with Gasteiger partial charge in [-0.2, -0.15) is 0 Å². The molecule has 2 heterocycles. The van der Waals surface area contributed by atoms with Crippen molar-refractivity contribution in [3.63, 3.8) is 0 Å². The highest BCUT2D eigenvalue weighted by molar-refractivity contribution is 5.80. The van der Waals surface area contributed by atoms with E-state index in [4.69, 9.17) is 4.74 Å². The van der Waals surface area contributed by atoms with Crippen LogP contribution in [-0.2, 0) is 16.0 Å². The van der Waals surface area contributed by atoms with Gasteiger partial charge in [0.25, 0.3) is 0 Å². The number of nitrogens with zero attached hydrogens (tertiary/aromatic N) is 3. The second-order valence-electron chi connectivity index (χ2n) is 6.04. The summed E-state index contributed by atoms with van der Waals surface area (Å²) < 4.78 is 5.12. The minimum Gasteiger partial charge on any atom is -0.466 e. The first-order chi connectivity index (χ1) is 11.7.